The Bertz CT molecular complexity index is 307. The van der Waals surface area contributed by atoms with Crippen LogP contribution in [0.5, 0.6) is 0 Å². The molecule has 0 radical (unpaired) electrons. The zero-order valence-corrected chi connectivity index (χ0v) is 9.91. The molecule has 3 nitrogen and oxygen atoms in total. The van der Waals surface area contributed by atoms with Gasteiger partial charge in [-0.1, -0.05) is 6.07 Å². The van der Waals surface area contributed by atoms with Crippen molar-refractivity contribution >= 4 is 0 Å². The van der Waals surface area contributed by atoms with E-state index in [1.807, 2.05) is 18.3 Å². The average Bonchev–Trinajstić information content (AvgIpc) is 2.74. The highest BCUT2D eigenvalue weighted by Gasteiger charge is 2.28. The lowest BCUT2D eigenvalue weighted by Gasteiger charge is -2.23. The van der Waals surface area contributed by atoms with Crippen LogP contribution in [0.1, 0.15) is 25.5 Å². The largest absolute Gasteiger partial charge is 0.374 e. The minimum absolute atomic E-state index is 0.0596. The summed E-state index contributed by atoms with van der Waals surface area (Å²) < 4.78 is 5.71. The molecule has 1 saturated heterocycles. The van der Waals surface area contributed by atoms with Crippen molar-refractivity contribution in [3.8, 4) is 0 Å². The first-order valence-corrected chi connectivity index (χ1v) is 6.03. The van der Waals surface area contributed by atoms with E-state index < -0.39 is 0 Å². The van der Waals surface area contributed by atoms with Crippen LogP contribution >= 0.6 is 0 Å². The van der Waals surface area contributed by atoms with E-state index in [2.05, 4.69) is 23.3 Å². The van der Waals surface area contributed by atoms with E-state index in [1.165, 1.54) is 12.8 Å². The number of nitrogens with one attached hydrogen (secondary N) is 1. The van der Waals surface area contributed by atoms with Gasteiger partial charge in [0.25, 0.3) is 0 Å². The molecule has 3 heteroatoms. The van der Waals surface area contributed by atoms with Crippen molar-refractivity contribution < 1.29 is 4.74 Å². The Morgan fingerprint density at radius 2 is 2.44 bits per heavy atom. The predicted octanol–water partition coefficient (Wildman–Crippen LogP) is 1.78. The van der Waals surface area contributed by atoms with Gasteiger partial charge in [0.2, 0.25) is 0 Å². The van der Waals surface area contributed by atoms with Gasteiger partial charge in [0.05, 0.1) is 5.60 Å². The van der Waals surface area contributed by atoms with Crippen molar-refractivity contribution in [2.24, 2.45) is 0 Å². The van der Waals surface area contributed by atoms with Gasteiger partial charge in [0.15, 0.2) is 0 Å². The van der Waals surface area contributed by atoms with E-state index >= 15 is 0 Å². The topological polar surface area (TPSA) is 34.2 Å². The molecule has 0 aliphatic carbocycles. The van der Waals surface area contributed by atoms with Crippen LogP contribution in [-0.4, -0.2) is 30.3 Å². The van der Waals surface area contributed by atoms with Crippen molar-refractivity contribution in [2.75, 3.05) is 19.7 Å². The summed E-state index contributed by atoms with van der Waals surface area (Å²) in [6, 6.07) is 6.05. The third-order valence-corrected chi connectivity index (χ3v) is 3.08. The number of ether oxygens (including phenoxy) is 1. The molecule has 1 N–H and O–H groups in total. The molecule has 1 fully saturated rings. The summed E-state index contributed by atoms with van der Waals surface area (Å²) in [5, 5.41) is 3.45. The number of rotatable bonds is 5. The van der Waals surface area contributed by atoms with Crippen LogP contribution in [-0.2, 0) is 11.2 Å². The number of hydrogen-bond donors (Lipinski definition) is 1. The molecule has 1 aromatic rings. The van der Waals surface area contributed by atoms with Crippen molar-refractivity contribution in [1.29, 1.82) is 0 Å². The first-order valence-electron chi connectivity index (χ1n) is 6.03. The summed E-state index contributed by atoms with van der Waals surface area (Å²) in [5.41, 5.74) is 1.21. The Morgan fingerprint density at radius 1 is 1.50 bits per heavy atom. The van der Waals surface area contributed by atoms with Crippen LogP contribution in [0.2, 0.25) is 0 Å². The summed E-state index contributed by atoms with van der Waals surface area (Å²) in [7, 11) is 0. The van der Waals surface area contributed by atoms with Crippen LogP contribution in [0.4, 0.5) is 0 Å². The maximum absolute atomic E-state index is 5.71. The van der Waals surface area contributed by atoms with E-state index in [-0.39, 0.29) is 5.60 Å². The second-order valence-corrected chi connectivity index (χ2v) is 4.65. The molecule has 88 valence electrons. The second kappa shape index (κ2) is 5.41. The molecular weight excluding hydrogens is 200 g/mol. The number of aromatic nitrogens is 1. The van der Waals surface area contributed by atoms with Gasteiger partial charge in [-0.25, -0.2) is 0 Å². The van der Waals surface area contributed by atoms with Gasteiger partial charge < -0.3 is 10.1 Å². The maximum atomic E-state index is 5.71. The van der Waals surface area contributed by atoms with E-state index in [1.54, 1.807) is 0 Å². The Balaban J connectivity index is 1.65. The molecule has 2 rings (SSSR count). The molecule has 0 spiro atoms. The fourth-order valence-electron chi connectivity index (χ4n) is 2.09. The van der Waals surface area contributed by atoms with E-state index in [4.69, 9.17) is 4.74 Å². The quantitative estimate of drug-likeness (QED) is 0.768. The van der Waals surface area contributed by atoms with Crippen LogP contribution in [0, 0.1) is 0 Å². The third kappa shape index (κ3) is 3.29. The molecule has 0 saturated carbocycles. The molecule has 1 aliphatic rings. The molecule has 2 heterocycles. The van der Waals surface area contributed by atoms with Gasteiger partial charge in [-0.2, -0.15) is 0 Å². The summed E-state index contributed by atoms with van der Waals surface area (Å²) in [6.07, 6.45) is 5.19. The van der Waals surface area contributed by atoms with Crippen LogP contribution < -0.4 is 5.32 Å². The monoisotopic (exact) mass is 220 g/mol. The van der Waals surface area contributed by atoms with E-state index in [0.717, 1.165) is 31.8 Å². The minimum Gasteiger partial charge on any atom is -0.374 e. The summed E-state index contributed by atoms with van der Waals surface area (Å²) in [5.74, 6) is 0. The highest BCUT2D eigenvalue weighted by molar-refractivity contribution is 5.03. The van der Waals surface area contributed by atoms with Gasteiger partial charge in [0.1, 0.15) is 0 Å². The molecule has 0 aromatic carbocycles. The van der Waals surface area contributed by atoms with E-state index in [9.17, 15) is 0 Å². The van der Waals surface area contributed by atoms with Crippen molar-refractivity contribution in [3.63, 3.8) is 0 Å². The highest BCUT2D eigenvalue weighted by atomic mass is 16.5. The molecule has 1 aromatic heterocycles. The minimum atomic E-state index is 0.0596. The average molecular weight is 220 g/mol. The SMILES string of the molecule is CC1(CNCCc2ccccn2)CCCO1. The Hall–Kier alpha value is -0.930. The van der Waals surface area contributed by atoms with Gasteiger partial charge in [-0.05, 0) is 31.9 Å². The Labute approximate surface area is 97.2 Å². The van der Waals surface area contributed by atoms with Crippen molar-refractivity contribution in [3.05, 3.63) is 30.1 Å². The lowest BCUT2D eigenvalue weighted by Crippen LogP contribution is -2.38. The van der Waals surface area contributed by atoms with Gasteiger partial charge in [-0.3, -0.25) is 4.98 Å². The Morgan fingerprint density at radius 3 is 3.12 bits per heavy atom. The van der Waals surface area contributed by atoms with Gasteiger partial charge in [0, 0.05) is 38.0 Å². The normalized spacial score (nSPS) is 24.8. The first kappa shape index (κ1) is 11.6. The molecule has 0 bridgehead atoms. The molecule has 1 aliphatic heterocycles. The Kier molecular flexibility index (Phi) is 3.91. The van der Waals surface area contributed by atoms with Crippen LogP contribution in [0.25, 0.3) is 0 Å². The fourth-order valence-corrected chi connectivity index (χ4v) is 2.09. The van der Waals surface area contributed by atoms with Crippen LogP contribution in [0.3, 0.4) is 0 Å². The zero-order valence-electron chi connectivity index (χ0n) is 9.91. The second-order valence-electron chi connectivity index (χ2n) is 4.65. The van der Waals surface area contributed by atoms with Gasteiger partial charge in [-0.15, -0.1) is 0 Å². The van der Waals surface area contributed by atoms with Crippen molar-refractivity contribution in [2.45, 2.75) is 31.8 Å². The number of pyridine rings is 1. The lowest BCUT2D eigenvalue weighted by atomic mass is 10.0. The van der Waals surface area contributed by atoms with Crippen LogP contribution in [0.15, 0.2) is 24.4 Å². The smallest absolute Gasteiger partial charge is 0.0779 e. The first-order chi connectivity index (χ1) is 7.79. The molecular formula is C13H20N2O. The fraction of sp³-hybridized carbons (Fsp3) is 0.615. The molecule has 0 amide bonds. The summed E-state index contributed by atoms with van der Waals surface area (Å²) in [6.45, 7) is 5.02. The van der Waals surface area contributed by atoms with Gasteiger partial charge >= 0.3 is 0 Å². The maximum Gasteiger partial charge on any atom is 0.0779 e. The molecule has 1 atom stereocenters. The number of hydrogen-bond acceptors (Lipinski definition) is 3. The summed E-state index contributed by atoms with van der Waals surface area (Å²) in [4.78, 5) is 4.29. The van der Waals surface area contributed by atoms with Crippen molar-refractivity contribution in [1.82, 2.24) is 10.3 Å². The predicted molar refractivity (Wildman–Crippen MR) is 64.4 cm³/mol. The zero-order chi connectivity index (χ0) is 11.3. The van der Waals surface area contributed by atoms with E-state index in [0.29, 0.717) is 0 Å². The molecule has 16 heavy (non-hydrogen) atoms. The number of nitrogens with zero attached hydrogens (tertiary/aromatic N) is 1. The summed E-state index contributed by atoms with van der Waals surface area (Å²) >= 11 is 0. The highest BCUT2D eigenvalue weighted by Crippen LogP contribution is 2.23. The third-order valence-electron chi connectivity index (χ3n) is 3.08. The standard InChI is InChI=1S/C13H20N2O/c1-13(7-4-10-16-13)11-14-9-6-12-5-2-3-8-15-12/h2-3,5,8,14H,4,6-7,9-11H2,1H3. The lowest BCUT2D eigenvalue weighted by molar-refractivity contribution is 0.0211. The molecule has 1 unspecified atom stereocenters.